The zero-order valence-electron chi connectivity index (χ0n) is 14.4. The minimum Gasteiger partial charge on any atom is -0.294 e. The van der Waals surface area contributed by atoms with Gasteiger partial charge in [0.2, 0.25) is 0 Å². The Morgan fingerprint density at radius 3 is 2.14 bits per heavy atom. The third kappa shape index (κ3) is 3.30. The summed E-state index contributed by atoms with van der Waals surface area (Å²) >= 11 is 0. The number of benzene rings is 1. The van der Waals surface area contributed by atoms with Crippen molar-refractivity contribution in [2.75, 3.05) is 0 Å². The van der Waals surface area contributed by atoms with Crippen molar-refractivity contribution in [1.82, 2.24) is 0 Å². The first-order valence-corrected chi connectivity index (χ1v) is 7.95. The van der Waals surface area contributed by atoms with Crippen LogP contribution in [-0.2, 0) is 10.2 Å². The second-order valence-electron chi connectivity index (χ2n) is 6.84. The van der Waals surface area contributed by atoms with E-state index in [4.69, 9.17) is 0 Å². The molecule has 0 saturated heterocycles. The molecule has 116 valence electrons. The van der Waals surface area contributed by atoms with Crippen molar-refractivity contribution in [3.05, 3.63) is 64.3 Å². The van der Waals surface area contributed by atoms with E-state index in [1.165, 1.54) is 27.8 Å². The number of aryl methyl sites for hydroxylation is 1. The van der Waals surface area contributed by atoms with Gasteiger partial charge in [-0.15, -0.1) is 0 Å². The van der Waals surface area contributed by atoms with Crippen molar-refractivity contribution in [3.8, 4) is 0 Å². The van der Waals surface area contributed by atoms with Crippen LogP contribution >= 0.6 is 0 Å². The van der Waals surface area contributed by atoms with Crippen LogP contribution in [0.25, 0.3) is 6.08 Å². The predicted molar refractivity (Wildman–Crippen MR) is 95.0 cm³/mol. The standard InChI is InChI=1S/C21H26O/c1-15(2)10-12-21(13-11-16(3)4)19-8-6-17(5)14-18(19)7-9-20(21)22/h6-11,14H,12-13H2,1-5H3. The number of rotatable bonds is 4. The summed E-state index contributed by atoms with van der Waals surface area (Å²) in [7, 11) is 0. The molecule has 0 spiro atoms. The van der Waals surface area contributed by atoms with Gasteiger partial charge in [-0.2, -0.15) is 0 Å². The maximum Gasteiger partial charge on any atom is 0.166 e. The van der Waals surface area contributed by atoms with Crippen LogP contribution in [0, 0.1) is 6.92 Å². The van der Waals surface area contributed by atoms with Crippen molar-refractivity contribution >= 4 is 11.9 Å². The summed E-state index contributed by atoms with van der Waals surface area (Å²) < 4.78 is 0. The molecule has 0 heterocycles. The number of carbonyl (C=O) groups excluding carboxylic acids is 1. The normalized spacial score (nSPS) is 15.2. The third-order valence-corrected chi connectivity index (χ3v) is 4.33. The minimum absolute atomic E-state index is 0.221. The topological polar surface area (TPSA) is 17.1 Å². The Bertz CT molecular complexity index is 643. The van der Waals surface area contributed by atoms with Crippen molar-refractivity contribution < 1.29 is 4.79 Å². The molecule has 0 N–H and O–H groups in total. The molecular weight excluding hydrogens is 268 g/mol. The number of carbonyl (C=O) groups is 1. The molecule has 0 atom stereocenters. The van der Waals surface area contributed by atoms with Gasteiger partial charge >= 0.3 is 0 Å². The van der Waals surface area contributed by atoms with Crippen molar-refractivity contribution in [2.45, 2.75) is 52.9 Å². The molecule has 0 amide bonds. The predicted octanol–water partition coefficient (Wildman–Crippen LogP) is 5.54. The fourth-order valence-corrected chi connectivity index (χ4v) is 2.97. The Balaban J connectivity index is 2.60. The van der Waals surface area contributed by atoms with Gasteiger partial charge in [0.1, 0.15) is 0 Å². The van der Waals surface area contributed by atoms with Gasteiger partial charge in [0.25, 0.3) is 0 Å². The lowest BCUT2D eigenvalue weighted by molar-refractivity contribution is -0.119. The summed E-state index contributed by atoms with van der Waals surface area (Å²) in [5, 5.41) is 0. The molecular formula is C21H26O. The molecule has 1 aliphatic carbocycles. The van der Waals surface area contributed by atoms with Crippen LogP contribution in [0.4, 0.5) is 0 Å². The van der Waals surface area contributed by atoms with Crippen LogP contribution in [0.3, 0.4) is 0 Å². The second kappa shape index (κ2) is 6.48. The van der Waals surface area contributed by atoms with Crippen molar-refractivity contribution in [1.29, 1.82) is 0 Å². The minimum atomic E-state index is -0.452. The number of hydrogen-bond donors (Lipinski definition) is 0. The Morgan fingerprint density at radius 1 is 1.00 bits per heavy atom. The fourth-order valence-electron chi connectivity index (χ4n) is 2.97. The Hall–Kier alpha value is -1.89. The molecule has 0 bridgehead atoms. The van der Waals surface area contributed by atoms with E-state index in [0.29, 0.717) is 0 Å². The van der Waals surface area contributed by atoms with E-state index in [1.54, 1.807) is 6.08 Å². The summed E-state index contributed by atoms with van der Waals surface area (Å²) in [4.78, 5) is 12.8. The first kappa shape index (κ1) is 16.5. The van der Waals surface area contributed by atoms with Crippen molar-refractivity contribution in [2.24, 2.45) is 0 Å². The highest BCUT2D eigenvalue weighted by Gasteiger charge is 2.39. The van der Waals surface area contributed by atoms with Gasteiger partial charge in [-0.1, -0.05) is 53.1 Å². The first-order valence-electron chi connectivity index (χ1n) is 7.95. The van der Waals surface area contributed by atoms with Gasteiger partial charge in [-0.25, -0.2) is 0 Å². The Morgan fingerprint density at radius 2 is 1.59 bits per heavy atom. The fraction of sp³-hybridized carbons (Fsp3) is 0.381. The monoisotopic (exact) mass is 294 g/mol. The number of allylic oxidation sites excluding steroid dienone is 5. The molecule has 22 heavy (non-hydrogen) atoms. The van der Waals surface area contributed by atoms with Crippen LogP contribution in [0.2, 0.25) is 0 Å². The lowest BCUT2D eigenvalue weighted by Crippen LogP contribution is -2.36. The molecule has 0 aliphatic heterocycles. The quantitative estimate of drug-likeness (QED) is 0.666. The van der Waals surface area contributed by atoms with E-state index in [1.807, 2.05) is 6.08 Å². The van der Waals surface area contributed by atoms with E-state index >= 15 is 0 Å². The summed E-state index contributed by atoms with van der Waals surface area (Å²) in [6.07, 6.45) is 9.64. The summed E-state index contributed by atoms with van der Waals surface area (Å²) in [5.74, 6) is 0.221. The number of fused-ring (bicyclic) bond motifs is 1. The SMILES string of the molecule is CC(C)=CCC1(CC=C(C)C)C(=O)C=Cc2cc(C)ccc21. The zero-order chi connectivity index (χ0) is 16.3. The molecule has 1 heteroatoms. The molecule has 1 aliphatic rings. The Labute approximate surface area is 134 Å². The Kier molecular flexibility index (Phi) is 4.85. The van der Waals surface area contributed by atoms with E-state index < -0.39 is 5.41 Å². The first-order chi connectivity index (χ1) is 10.3. The lowest BCUT2D eigenvalue weighted by atomic mass is 9.67. The van der Waals surface area contributed by atoms with E-state index in [2.05, 4.69) is 65.0 Å². The molecule has 0 saturated carbocycles. The zero-order valence-corrected chi connectivity index (χ0v) is 14.4. The van der Waals surface area contributed by atoms with Gasteiger partial charge in [0, 0.05) is 0 Å². The largest absolute Gasteiger partial charge is 0.294 e. The number of ketones is 1. The van der Waals surface area contributed by atoms with E-state index in [9.17, 15) is 4.79 Å². The molecule has 2 rings (SSSR count). The van der Waals surface area contributed by atoms with E-state index in [-0.39, 0.29) is 5.78 Å². The maximum atomic E-state index is 12.8. The van der Waals surface area contributed by atoms with Crippen LogP contribution in [0.1, 0.15) is 57.2 Å². The van der Waals surface area contributed by atoms with Gasteiger partial charge in [-0.05, 0) is 64.7 Å². The molecule has 1 aromatic carbocycles. The summed E-state index contributed by atoms with van der Waals surface area (Å²) in [5.41, 5.74) is 5.65. The lowest BCUT2D eigenvalue weighted by Gasteiger charge is -2.34. The molecule has 0 unspecified atom stereocenters. The average molecular weight is 294 g/mol. The van der Waals surface area contributed by atoms with Crippen LogP contribution in [0.5, 0.6) is 0 Å². The second-order valence-corrected chi connectivity index (χ2v) is 6.84. The van der Waals surface area contributed by atoms with E-state index in [0.717, 1.165) is 12.8 Å². The molecule has 1 aromatic rings. The smallest absolute Gasteiger partial charge is 0.166 e. The highest BCUT2D eigenvalue weighted by atomic mass is 16.1. The molecule has 1 nitrogen and oxygen atoms in total. The maximum absolute atomic E-state index is 12.8. The van der Waals surface area contributed by atoms with Crippen LogP contribution in [0.15, 0.2) is 47.6 Å². The van der Waals surface area contributed by atoms with Gasteiger partial charge in [0.05, 0.1) is 5.41 Å². The van der Waals surface area contributed by atoms with Gasteiger partial charge in [-0.3, -0.25) is 4.79 Å². The summed E-state index contributed by atoms with van der Waals surface area (Å²) in [6.45, 7) is 10.5. The molecule has 0 fully saturated rings. The molecule has 0 radical (unpaired) electrons. The van der Waals surface area contributed by atoms with Crippen LogP contribution < -0.4 is 0 Å². The molecule has 0 aromatic heterocycles. The van der Waals surface area contributed by atoms with Crippen LogP contribution in [-0.4, -0.2) is 5.78 Å². The summed E-state index contributed by atoms with van der Waals surface area (Å²) in [6, 6.07) is 6.44. The van der Waals surface area contributed by atoms with Gasteiger partial charge in [0.15, 0.2) is 5.78 Å². The average Bonchev–Trinajstić information content (AvgIpc) is 2.45. The highest BCUT2D eigenvalue weighted by Crippen LogP contribution is 2.40. The van der Waals surface area contributed by atoms with Crippen molar-refractivity contribution in [3.63, 3.8) is 0 Å². The highest BCUT2D eigenvalue weighted by molar-refractivity contribution is 6.05. The third-order valence-electron chi connectivity index (χ3n) is 4.33. The van der Waals surface area contributed by atoms with Gasteiger partial charge < -0.3 is 0 Å². The number of hydrogen-bond acceptors (Lipinski definition) is 1.